The number of nitrogens with two attached hydrogens (primary N) is 1. The number of imidazole rings is 1. The lowest BCUT2D eigenvalue weighted by molar-refractivity contribution is 0.266. The number of fused-ring (bicyclic) bond motifs is 1. The fourth-order valence-electron chi connectivity index (χ4n) is 1.14. The Kier molecular flexibility index (Phi) is 1.96. The molecule has 0 spiro atoms. The van der Waals surface area contributed by atoms with E-state index in [-0.39, 0.29) is 6.61 Å². The molecule has 3 N–H and O–H groups in total. The second-order valence-electron chi connectivity index (χ2n) is 2.80. The Hall–Kier alpha value is -1.46. The van der Waals surface area contributed by atoms with Gasteiger partial charge < -0.3 is 10.8 Å². The highest BCUT2D eigenvalue weighted by Gasteiger charge is 2.08. The summed E-state index contributed by atoms with van der Waals surface area (Å²) in [5.41, 5.74) is 7.07. The van der Waals surface area contributed by atoms with E-state index in [2.05, 4.69) is 9.97 Å². The van der Waals surface area contributed by atoms with Gasteiger partial charge in [0, 0.05) is 12.4 Å². The maximum absolute atomic E-state index is 8.82. The number of hydrogen-bond acceptors (Lipinski definition) is 4. The Labute approximate surface area is 74.9 Å². The molecule has 5 nitrogen and oxygen atoms in total. The van der Waals surface area contributed by atoms with Crippen LogP contribution in [0, 0.1) is 0 Å². The second-order valence-corrected chi connectivity index (χ2v) is 2.80. The first kappa shape index (κ1) is 8.15. The maximum Gasteiger partial charge on any atom is 0.139 e. The molecule has 13 heavy (non-hydrogen) atoms. The van der Waals surface area contributed by atoms with Crippen molar-refractivity contribution in [2.45, 2.75) is 6.04 Å². The number of hydrogen-bond donors (Lipinski definition) is 2. The van der Waals surface area contributed by atoms with E-state index >= 15 is 0 Å². The highest BCUT2D eigenvalue weighted by molar-refractivity contribution is 5.38. The topological polar surface area (TPSA) is 76.4 Å². The van der Waals surface area contributed by atoms with Crippen LogP contribution < -0.4 is 5.73 Å². The maximum atomic E-state index is 8.82. The third kappa shape index (κ3) is 1.39. The molecule has 2 aromatic heterocycles. The van der Waals surface area contributed by atoms with E-state index in [9.17, 15) is 0 Å². The average molecular weight is 178 g/mol. The molecule has 1 unspecified atom stereocenters. The van der Waals surface area contributed by atoms with Gasteiger partial charge in [-0.2, -0.15) is 0 Å². The zero-order valence-electron chi connectivity index (χ0n) is 6.96. The molecule has 1 atom stereocenters. The summed E-state index contributed by atoms with van der Waals surface area (Å²) in [5, 5.41) is 8.82. The minimum atomic E-state index is -0.417. The highest BCUT2D eigenvalue weighted by atomic mass is 16.3. The normalized spacial score (nSPS) is 13.4. The van der Waals surface area contributed by atoms with Gasteiger partial charge in [0.25, 0.3) is 0 Å². The van der Waals surface area contributed by atoms with Crippen molar-refractivity contribution in [3.8, 4) is 0 Å². The minimum absolute atomic E-state index is 0.0999. The number of rotatable bonds is 2. The Morgan fingerprint density at radius 3 is 3.15 bits per heavy atom. The van der Waals surface area contributed by atoms with E-state index in [1.165, 1.54) is 0 Å². The van der Waals surface area contributed by atoms with E-state index < -0.39 is 6.04 Å². The van der Waals surface area contributed by atoms with Crippen molar-refractivity contribution in [3.63, 3.8) is 0 Å². The van der Waals surface area contributed by atoms with E-state index in [1.54, 1.807) is 29.2 Å². The molecule has 0 fully saturated rings. The van der Waals surface area contributed by atoms with Crippen LogP contribution in [0.2, 0.25) is 0 Å². The van der Waals surface area contributed by atoms with Crippen LogP contribution in [-0.2, 0) is 0 Å². The van der Waals surface area contributed by atoms with Gasteiger partial charge in [0.15, 0.2) is 0 Å². The lowest BCUT2D eigenvalue weighted by Gasteiger charge is -2.00. The van der Waals surface area contributed by atoms with Crippen LogP contribution >= 0.6 is 0 Å². The molecule has 2 heterocycles. The van der Waals surface area contributed by atoms with Crippen molar-refractivity contribution in [2.24, 2.45) is 5.73 Å². The Bertz CT molecular complexity index is 378. The molecule has 68 valence electrons. The summed E-state index contributed by atoms with van der Waals surface area (Å²) in [5.74, 6) is 0. The zero-order valence-corrected chi connectivity index (χ0v) is 6.96. The first-order valence-corrected chi connectivity index (χ1v) is 3.96. The monoisotopic (exact) mass is 178 g/mol. The quantitative estimate of drug-likeness (QED) is 0.663. The molecule has 2 aromatic rings. The summed E-state index contributed by atoms with van der Waals surface area (Å²) in [4.78, 5) is 8.15. The van der Waals surface area contributed by atoms with Crippen LogP contribution in [0.3, 0.4) is 0 Å². The standard InChI is InChI=1S/C8H10N4O/c9-6(4-13)7-3-12-5-10-2-1-8(12)11-7/h1-3,5-6,13H,4,9H2. The number of nitrogens with zero attached hydrogens (tertiary/aromatic N) is 3. The molecule has 0 amide bonds. The van der Waals surface area contributed by atoms with Gasteiger partial charge in [0.1, 0.15) is 12.0 Å². The molecule has 0 aliphatic heterocycles. The number of aliphatic hydroxyl groups excluding tert-OH is 1. The van der Waals surface area contributed by atoms with Crippen LogP contribution in [0.1, 0.15) is 11.7 Å². The molecular formula is C8H10N4O. The van der Waals surface area contributed by atoms with E-state index in [1.807, 2.05) is 0 Å². The summed E-state index contributed by atoms with van der Waals surface area (Å²) in [6, 6.07) is 1.37. The van der Waals surface area contributed by atoms with Gasteiger partial charge in [0.2, 0.25) is 0 Å². The minimum Gasteiger partial charge on any atom is -0.394 e. The number of aliphatic hydroxyl groups is 1. The van der Waals surface area contributed by atoms with Gasteiger partial charge in [-0.3, -0.25) is 4.40 Å². The Morgan fingerprint density at radius 1 is 1.62 bits per heavy atom. The molecule has 0 aliphatic rings. The predicted octanol–water partition coefficient (Wildman–Crippen LogP) is -0.279. The van der Waals surface area contributed by atoms with Crippen molar-refractivity contribution >= 4 is 5.65 Å². The molecule has 5 heteroatoms. The van der Waals surface area contributed by atoms with Gasteiger partial charge in [-0.25, -0.2) is 9.97 Å². The Balaban J connectivity index is 2.49. The van der Waals surface area contributed by atoms with Gasteiger partial charge >= 0.3 is 0 Å². The molecule has 0 aromatic carbocycles. The van der Waals surface area contributed by atoms with Crippen molar-refractivity contribution in [1.82, 2.24) is 14.4 Å². The average Bonchev–Trinajstić information content (AvgIpc) is 2.59. The second kappa shape index (κ2) is 3.12. The lowest BCUT2D eigenvalue weighted by Crippen LogP contribution is -2.14. The largest absolute Gasteiger partial charge is 0.394 e. The zero-order chi connectivity index (χ0) is 9.26. The molecular weight excluding hydrogens is 168 g/mol. The third-order valence-electron chi connectivity index (χ3n) is 1.86. The fourth-order valence-corrected chi connectivity index (χ4v) is 1.14. The van der Waals surface area contributed by atoms with Gasteiger partial charge in [0.05, 0.1) is 18.3 Å². The van der Waals surface area contributed by atoms with E-state index in [4.69, 9.17) is 10.8 Å². The van der Waals surface area contributed by atoms with E-state index in [0.29, 0.717) is 5.69 Å². The fraction of sp³-hybridized carbons (Fsp3) is 0.250. The SMILES string of the molecule is NC(CO)c1cn2cnccc2n1. The Morgan fingerprint density at radius 2 is 2.46 bits per heavy atom. The molecule has 0 saturated carbocycles. The van der Waals surface area contributed by atoms with Crippen LogP contribution in [0.5, 0.6) is 0 Å². The first-order chi connectivity index (χ1) is 6.31. The first-order valence-electron chi connectivity index (χ1n) is 3.96. The number of aromatic nitrogens is 3. The van der Waals surface area contributed by atoms with Crippen LogP contribution in [0.25, 0.3) is 5.65 Å². The predicted molar refractivity (Wildman–Crippen MR) is 47.0 cm³/mol. The molecule has 2 rings (SSSR count). The van der Waals surface area contributed by atoms with Gasteiger partial charge in [-0.05, 0) is 6.07 Å². The highest BCUT2D eigenvalue weighted by Crippen LogP contribution is 2.09. The van der Waals surface area contributed by atoms with Gasteiger partial charge in [-0.1, -0.05) is 0 Å². The molecule has 0 saturated heterocycles. The molecule has 0 bridgehead atoms. The van der Waals surface area contributed by atoms with Crippen molar-refractivity contribution in [3.05, 3.63) is 30.5 Å². The van der Waals surface area contributed by atoms with Crippen molar-refractivity contribution in [2.75, 3.05) is 6.61 Å². The van der Waals surface area contributed by atoms with Crippen molar-refractivity contribution in [1.29, 1.82) is 0 Å². The van der Waals surface area contributed by atoms with Crippen LogP contribution in [0.15, 0.2) is 24.8 Å². The molecule has 0 radical (unpaired) electrons. The van der Waals surface area contributed by atoms with Crippen LogP contribution in [0.4, 0.5) is 0 Å². The smallest absolute Gasteiger partial charge is 0.139 e. The summed E-state index contributed by atoms with van der Waals surface area (Å²) in [6.45, 7) is -0.0999. The molecule has 0 aliphatic carbocycles. The van der Waals surface area contributed by atoms with E-state index in [0.717, 1.165) is 5.65 Å². The summed E-state index contributed by atoms with van der Waals surface area (Å²) >= 11 is 0. The summed E-state index contributed by atoms with van der Waals surface area (Å²) in [7, 11) is 0. The lowest BCUT2D eigenvalue weighted by atomic mass is 10.2. The summed E-state index contributed by atoms with van der Waals surface area (Å²) < 4.78 is 1.77. The van der Waals surface area contributed by atoms with Crippen LogP contribution in [-0.4, -0.2) is 26.1 Å². The van der Waals surface area contributed by atoms with Gasteiger partial charge in [-0.15, -0.1) is 0 Å². The van der Waals surface area contributed by atoms with Crippen molar-refractivity contribution < 1.29 is 5.11 Å². The third-order valence-corrected chi connectivity index (χ3v) is 1.86. The summed E-state index contributed by atoms with van der Waals surface area (Å²) in [6.07, 6.45) is 5.08.